The fraction of sp³-hybridized carbons (Fsp3) is 0.600. The van der Waals surface area contributed by atoms with Crippen molar-refractivity contribution in [2.24, 2.45) is 5.73 Å². The van der Waals surface area contributed by atoms with E-state index in [0.29, 0.717) is 12.2 Å². The Hall–Kier alpha value is -1.10. The van der Waals surface area contributed by atoms with E-state index < -0.39 is 0 Å². The Morgan fingerprint density at radius 3 is 2.68 bits per heavy atom. The van der Waals surface area contributed by atoms with Gasteiger partial charge in [-0.2, -0.15) is 0 Å². The van der Waals surface area contributed by atoms with E-state index in [1.807, 2.05) is 18.2 Å². The van der Waals surface area contributed by atoms with Gasteiger partial charge in [0.25, 0.3) is 0 Å². The average molecular weight is 262 g/mol. The molecule has 2 aliphatic rings. The van der Waals surface area contributed by atoms with Gasteiger partial charge in [0.2, 0.25) is 0 Å². The minimum absolute atomic E-state index is 0.00588. The monoisotopic (exact) mass is 262 g/mol. The lowest BCUT2D eigenvalue weighted by Gasteiger charge is -2.33. The Labute approximate surface area is 114 Å². The number of benzene rings is 1. The third kappa shape index (κ3) is 2.76. The molecule has 1 aromatic rings. The summed E-state index contributed by atoms with van der Waals surface area (Å²) in [6.07, 6.45) is 3.24. The fourth-order valence-electron chi connectivity index (χ4n) is 3.20. The molecule has 0 aromatic heterocycles. The Morgan fingerprint density at radius 1 is 1.32 bits per heavy atom. The van der Waals surface area contributed by atoms with Crippen LogP contribution < -0.4 is 10.5 Å². The van der Waals surface area contributed by atoms with Crippen molar-refractivity contribution in [1.29, 1.82) is 0 Å². The molecule has 0 spiro atoms. The topological polar surface area (TPSA) is 47.7 Å². The van der Waals surface area contributed by atoms with Gasteiger partial charge < -0.3 is 15.2 Å². The molecule has 2 heterocycles. The first kappa shape index (κ1) is 12.9. The first-order valence-electron chi connectivity index (χ1n) is 7.02. The largest absolute Gasteiger partial charge is 0.496 e. The van der Waals surface area contributed by atoms with Crippen molar-refractivity contribution in [3.8, 4) is 5.75 Å². The van der Waals surface area contributed by atoms with Crippen LogP contribution in [0.5, 0.6) is 5.75 Å². The quantitative estimate of drug-likeness (QED) is 0.894. The molecule has 2 saturated heterocycles. The van der Waals surface area contributed by atoms with Crippen LogP contribution in [0.15, 0.2) is 24.3 Å². The van der Waals surface area contributed by atoms with Crippen LogP contribution >= 0.6 is 0 Å². The molecule has 0 amide bonds. The second-order valence-electron chi connectivity index (χ2n) is 5.52. The molecule has 1 aromatic carbocycles. The SMILES string of the molecule is COc1ccccc1C(N)CN1CC2CCC(C1)O2. The lowest BCUT2D eigenvalue weighted by atomic mass is 10.1. The highest BCUT2D eigenvalue weighted by atomic mass is 16.5. The fourth-order valence-corrected chi connectivity index (χ4v) is 3.20. The smallest absolute Gasteiger partial charge is 0.123 e. The highest BCUT2D eigenvalue weighted by molar-refractivity contribution is 5.35. The van der Waals surface area contributed by atoms with E-state index in [4.69, 9.17) is 15.2 Å². The van der Waals surface area contributed by atoms with E-state index in [0.717, 1.165) is 30.9 Å². The molecule has 3 unspecified atom stereocenters. The zero-order chi connectivity index (χ0) is 13.2. The van der Waals surface area contributed by atoms with Crippen molar-refractivity contribution in [2.45, 2.75) is 31.1 Å². The van der Waals surface area contributed by atoms with Gasteiger partial charge >= 0.3 is 0 Å². The molecule has 19 heavy (non-hydrogen) atoms. The maximum Gasteiger partial charge on any atom is 0.123 e. The minimum Gasteiger partial charge on any atom is -0.496 e. The van der Waals surface area contributed by atoms with Crippen molar-refractivity contribution < 1.29 is 9.47 Å². The van der Waals surface area contributed by atoms with Crippen LogP contribution in [0.25, 0.3) is 0 Å². The number of likely N-dealkylation sites (tertiary alicyclic amines) is 1. The highest BCUT2D eigenvalue weighted by Gasteiger charge is 2.34. The molecule has 2 fully saturated rings. The third-order valence-corrected chi connectivity index (χ3v) is 4.11. The van der Waals surface area contributed by atoms with Gasteiger partial charge in [-0.3, -0.25) is 4.90 Å². The van der Waals surface area contributed by atoms with Gasteiger partial charge in [0.15, 0.2) is 0 Å². The number of hydrogen-bond acceptors (Lipinski definition) is 4. The van der Waals surface area contributed by atoms with Gasteiger partial charge in [0.1, 0.15) is 5.75 Å². The molecule has 4 nitrogen and oxygen atoms in total. The number of nitrogens with zero attached hydrogens (tertiary/aromatic N) is 1. The lowest BCUT2D eigenvalue weighted by Crippen LogP contribution is -2.45. The van der Waals surface area contributed by atoms with Crippen LogP contribution in [0.1, 0.15) is 24.4 Å². The third-order valence-electron chi connectivity index (χ3n) is 4.11. The van der Waals surface area contributed by atoms with Gasteiger partial charge in [0.05, 0.1) is 19.3 Å². The summed E-state index contributed by atoms with van der Waals surface area (Å²) in [5, 5.41) is 0. The molecule has 104 valence electrons. The number of nitrogens with two attached hydrogens (primary N) is 1. The zero-order valence-corrected chi connectivity index (χ0v) is 11.4. The standard InChI is InChI=1S/C15H22N2O2/c1-18-15-5-3-2-4-13(15)14(16)10-17-8-11-6-7-12(9-17)19-11/h2-5,11-12,14H,6-10,16H2,1H3. The Bertz CT molecular complexity index is 426. The van der Waals surface area contributed by atoms with Gasteiger partial charge in [-0.25, -0.2) is 0 Å². The summed E-state index contributed by atoms with van der Waals surface area (Å²) in [7, 11) is 1.69. The number of methoxy groups -OCH3 is 1. The highest BCUT2D eigenvalue weighted by Crippen LogP contribution is 2.29. The number of para-hydroxylation sites is 1. The predicted octanol–water partition coefficient (Wildman–Crippen LogP) is 1.56. The molecule has 2 aliphatic heterocycles. The molecular weight excluding hydrogens is 240 g/mol. The molecule has 4 heteroatoms. The summed E-state index contributed by atoms with van der Waals surface area (Å²) >= 11 is 0. The maximum absolute atomic E-state index is 6.35. The lowest BCUT2D eigenvalue weighted by molar-refractivity contribution is -0.0397. The van der Waals surface area contributed by atoms with Crippen LogP contribution in [-0.2, 0) is 4.74 Å². The second kappa shape index (κ2) is 5.49. The normalized spacial score (nSPS) is 28.3. The summed E-state index contributed by atoms with van der Waals surface area (Å²) in [6, 6.07) is 8.01. The number of rotatable bonds is 4. The first-order chi connectivity index (χ1) is 9.26. The van der Waals surface area contributed by atoms with E-state index in [2.05, 4.69) is 11.0 Å². The molecule has 0 radical (unpaired) electrons. The van der Waals surface area contributed by atoms with Gasteiger partial charge in [-0.05, 0) is 18.9 Å². The van der Waals surface area contributed by atoms with Gasteiger partial charge in [-0.15, -0.1) is 0 Å². The number of morpholine rings is 1. The van der Waals surface area contributed by atoms with Crippen LogP contribution in [0.3, 0.4) is 0 Å². The maximum atomic E-state index is 6.35. The van der Waals surface area contributed by atoms with E-state index in [-0.39, 0.29) is 6.04 Å². The van der Waals surface area contributed by atoms with Crippen molar-refractivity contribution in [3.63, 3.8) is 0 Å². The Kier molecular flexibility index (Phi) is 3.73. The molecule has 3 atom stereocenters. The van der Waals surface area contributed by atoms with Crippen LogP contribution in [-0.4, -0.2) is 43.9 Å². The van der Waals surface area contributed by atoms with Crippen molar-refractivity contribution in [3.05, 3.63) is 29.8 Å². The molecular formula is C15H22N2O2. The number of ether oxygens (including phenoxy) is 2. The molecule has 0 aliphatic carbocycles. The second-order valence-corrected chi connectivity index (χ2v) is 5.52. The van der Waals surface area contributed by atoms with Crippen molar-refractivity contribution in [2.75, 3.05) is 26.7 Å². The average Bonchev–Trinajstić information content (AvgIpc) is 2.78. The minimum atomic E-state index is -0.00588. The molecule has 2 N–H and O–H groups in total. The van der Waals surface area contributed by atoms with E-state index in [1.165, 1.54) is 12.8 Å². The molecule has 2 bridgehead atoms. The summed E-state index contributed by atoms with van der Waals surface area (Å²) < 4.78 is 11.2. The van der Waals surface area contributed by atoms with Crippen LogP contribution in [0.4, 0.5) is 0 Å². The van der Waals surface area contributed by atoms with Crippen molar-refractivity contribution >= 4 is 0 Å². The van der Waals surface area contributed by atoms with Crippen molar-refractivity contribution in [1.82, 2.24) is 4.90 Å². The Balaban J connectivity index is 1.66. The number of hydrogen-bond donors (Lipinski definition) is 1. The molecule has 3 rings (SSSR count). The van der Waals surface area contributed by atoms with Gasteiger partial charge in [-0.1, -0.05) is 18.2 Å². The summed E-state index contributed by atoms with van der Waals surface area (Å²) in [5.74, 6) is 0.881. The number of fused-ring (bicyclic) bond motifs is 2. The zero-order valence-electron chi connectivity index (χ0n) is 11.4. The molecule has 0 saturated carbocycles. The first-order valence-corrected chi connectivity index (χ1v) is 7.02. The van der Waals surface area contributed by atoms with E-state index in [9.17, 15) is 0 Å². The van der Waals surface area contributed by atoms with E-state index in [1.54, 1.807) is 7.11 Å². The van der Waals surface area contributed by atoms with Crippen LogP contribution in [0.2, 0.25) is 0 Å². The summed E-state index contributed by atoms with van der Waals surface area (Å²) in [5.41, 5.74) is 7.44. The summed E-state index contributed by atoms with van der Waals surface area (Å²) in [6.45, 7) is 2.90. The van der Waals surface area contributed by atoms with E-state index >= 15 is 0 Å². The predicted molar refractivity (Wildman–Crippen MR) is 74.3 cm³/mol. The van der Waals surface area contributed by atoms with Gasteiger partial charge in [0, 0.05) is 31.2 Å². The Morgan fingerprint density at radius 2 is 2.00 bits per heavy atom. The van der Waals surface area contributed by atoms with Crippen LogP contribution in [0, 0.1) is 0 Å². The summed E-state index contributed by atoms with van der Waals surface area (Å²) in [4.78, 5) is 2.43.